The number of nitrogens with zero attached hydrogens (tertiary/aromatic N) is 3. The van der Waals surface area contributed by atoms with Crippen LogP contribution in [0.1, 0.15) is 24.6 Å². The highest BCUT2D eigenvalue weighted by Gasteiger charge is 2.09. The molecule has 8 heteroatoms. The summed E-state index contributed by atoms with van der Waals surface area (Å²) < 4.78 is 4.81. The topological polar surface area (TPSA) is 109 Å². The van der Waals surface area contributed by atoms with Crippen LogP contribution in [0.5, 0.6) is 0 Å². The second kappa shape index (κ2) is 7.34. The van der Waals surface area contributed by atoms with Gasteiger partial charge in [-0.25, -0.2) is 4.79 Å². The lowest BCUT2D eigenvalue weighted by Crippen LogP contribution is -2.38. The Morgan fingerprint density at radius 1 is 1.47 bits per heavy atom. The third kappa shape index (κ3) is 5.84. The Hall–Kier alpha value is -2.12. The standard InChI is InChI=1S/C11H18N4O4/c1-8-13-9(14-19-8)5-6-12-11(18)15(2)7-3-4-10(16)17/h3-7H2,1-2H3,(H,12,18)(H,16,17). The van der Waals surface area contributed by atoms with Crippen molar-refractivity contribution in [2.75, 3.05) is 20.1 Å². The Balaban J connectivity index is 2.17. The SMILES string of the molecule is Cc1nc(CCNC(=O)N(C)CCCC(=O)O)no1. The van der Waals surface area contributed by atoms with Crippen LogP contribution in [0.3, 0.4) is 0 Å². The molecule has 1 heterocycles. The van der Waals surface area contributed by atoms with E-state index in [1.54, 1.807) is 14.0 Å². The third-order valence-corrected chi connectivity index (χ3v) is 2.43. The number of carboxylic acids is 1. The van der Waals surface area contributed by atoms with Gasteiger partial charge in [-0.15, -0.1) is 0 Å². The van der Waals surface area contributed by atoms with Gasteiger partial charge in [0, 0.05) is 39.9 Å². The van der Waals surface area contributed by atoms with E-state index in [0.29, 0.717) is 37.6 Å². The van der Waals surface area contributed by atoms with Gasteiger partial charge in [-0.1, -0.05) is 5.16 Å². The van der Waals surface area contributed by atoms with Gasteiger partial charge in [-0.05, 0) is 6.42 Å². The fourth-order valence-electron chi connectivity index (χ4n) is 1.43. The van der Waals surface area contributed by atoms with Crippen LogP contribution in [0.2, 0.25) is 0 Å². The van der Waals surface area contributed by atoms with Gasteiger partial charge in [0.1, 0.15) is 0 Å². The first-order valence-corrected chi connectivity index (χ1v) is 5.99. The van der Waals surface area contributed by atoms with Crippen molar-refractivity contribution in [1.82, 2.24) is 20.4 Å². The molecule has 1 aromatic heterocycles. The van der Waals surface area contributed by atoms with Crippen molar-refractivity contribution in [3.8, 4) is 0 Å². The molecule has 19 heavy (non-hydrogen) atoms. The predicted molar refractivity (Wildman–Crippen MR) is 65.6 cm³/mol. The number of carbonyl (C=O) groups excluding carboxylic acids is 1. The molecule has 1 aromatic rings. The lowest BCUT2D eigenvalue weighted by molar-refractivity contribution is -0.137. The van der Waals surface area contributed by atoms with E-state index < -0.39 is 5.97 Å². The highest BCUT2D eigenvalue weighted by molar-refractivity contribution is 5.73. The summed E-state index contributed by atoms with van der Waals surface area (Å²) in [7, 11) is 1.62. The van der Waals surface area contributed by atoms with Gasteiger partial charge < -0.3 is 19.8 Å². The van der Waals surface area contributed by atoms with E-state index in [1.807, 2.05) is 0 Å². The first kappa shape index (κ1) is 14.9. The quantitative estimate of drug-likeness (QED) is 0.743. The summed E-state index contributed by atoms with van der Waals surface area (Å²) in [5.74, 6) is 0.180. The maximum Gasteiger partial charge on any atom is 0.317 e. The average molecular weight is 270 g/mol. The second-order valence-corrected chi connectivity index (χ2v) is 4.13. The fraction of sp³-hybridized carbons (Fsp3) is 0.636. The number of urea groups is 1. The van der Waals surface area contributed by atoms with E-state index in [1.165, 1.54) is 4.90 Å². The number of amides is 2. The second-order valence-electron chi connectivity index (χ2n) is 4.13. The van der Waals surface area contributed by atoms with Gasteiger partial charge in [0.25, 0.3) is 0 Å². The van der Waals surface area contributed by atoms with Crippen LogP contribution in [-0.2, 0) is 11.2 Å². The molecule has 0 unspecified atom stereocenters. The summed E-state index contributed by atoms with van der Waals surface area (Å²) in [6.07, 6.45) is 0.981. The number of rotatable bonds is 7. The van der Waals surface area contributed by atoms with Crippen molar-refractivity contribution < 1.29 is 19.2 Å². The van der Waals surface area contributed by atoms with Crippen LogP contribution in [0.15, 0.2) is 4.52 Å². The summed E-state index contributed by atoms with van der Waals surface area (Å²) >= 11 is 0. The number of hydrogen-bond donors (Lipinski definition) is 2. The normalized spacial score (nSPS) is 10.2. The molecule has 2 N–H and O–H groups in total. The van der Waals surface area contributed by atoms with Gasteiger partial charge in [0.05, 0.1) is 0 Å². The molecule has 0 bridgehead atoms. The number of hydrogen-bond acceptors (Lipinski definition) is 5. The monoisotopic (exact) mass is 270 g/mol. The zero-order chi connectivity index (χ0) is 14.3. The molecule has 1 rings (SSSR count). The Morgan fingerprint density at radius 2 is 2.21 bits per heavy atom. The van der Waals surface area contributed by atoms with Crippen molar-refractivity contribution in [2.24, 2.45) is 0 Å². The Bertz CT molecular complexity index is 432. The Labute approximate surface area is 110 Å². The van der Waals surface area contributed by atoms with Crippen LogP contribution in [0.4, 0.5) is 4.79 Å². The van der Waals surface area contributed by atoms with Gasteiger partial charge in [0.2, 0.25) is 5.89 Å². The highest BCUT2D eigenvalue weighted by atomic mass is 16.5. The van der Waals surface area contributed by atoms with E-state index in [0.717, 1.165) is 0 Å². The van der Waals surface area contributed by atoms with E-state index in [9.17, 15) is 9.59 Å². The number of aryl methyl sites for hydroxylation is 1. The molecule has 0 aliphatic heterocycles. The number of nitrogens with one attached hydrogen (secondary N) is 1. The molecule has 0 aromatic carbocycles. The first-order chi connectivity index (χ1) is 8.99. The molecule has 2 amide bonds. The van der Waals surface area contributed by atoms with Crippen LogP contribution in [0, 0.1) is 6.92 Å². The third-order valence-electron chi connectivity index (χ3n) is 2.43. The maximum absolute atomic E-state index is 11.6. The van der Waals surface area contributed by atoms with E-state index in [-0.39, 0.29) is 12.5 Å². The van der Waals surface area contributed by atoms with E-state index in [4.69, 9.17) is 9.63 Å². The molecule has 0 spiro atoms. The summed E-state index contributed by atoms with van der Waals surface area (Å²) in [6.45, 7) is 2.51. The van der Waals surface area contributed by atoms with Crippen LogP contribution >= 0.6 is 0 Å². The summed E-state index contributed by atoms with van der Waals surface area (Å²) in [5.41, 5.74) is 0. The Morgan fingerprint density at radius 3 is 2.79 bits per heavy atom. The van der Waals surface area contributed by atoms with E-state index in [2.05, 4.69) is 15.5 Å². The molecule has 0 saturated carbocycles. The zero-order valence-electron chi connectivity index (χ0n) is 11.0. The van der Waals surface area contributed by atoms with Crippen LogP contribution < -0.4 is 5.32 Å². The molecular weight excluding hydrogens is 252 g/mol. The molecule has 0 aliphatic carbocycles. The molecule has 0 atom stereocenters. The molecule has 0 radical (unpaired) electrons. The van der Waals surface area contributed by atoms with Crippen molar-refractivity contribution in [3.05, 3.63) is 11.7 Å². The largest absolute Gasteiger partial charge is 0.481 e. The smallest absolute Gasteiger partial charge is 0.317 e. The summed E-state index contributed by atoms with van der Waals surface area (Å²) in [6, 6.07) is -0.245. The minimum absolute atomic E-state index is 0.0553. The molecule has 0 aliphatic rings. The number of carbonyl (C=O) groups is 2. The first-order valence-electron chi connectivity index (χ1n) is 5.99. The van der Waals surface area contributed by atoms with Crippen molar-refractivity contribution in [2.45, 2.75) is 26.2 Å². The average Bonchev–Trinajstić information content (AvgIpc) is 2.74. The number of carboxylic acid groups (broad SMARTS) is 1. The van der Waals surface area contributed by atoms with Crippen molar-refractivity contribution >= 4 is 12.0 Å². The van der Waals surface area contributed by atoms with E-state index >= 15 is 0 Å². The molecular formula is C11H18N4O4. The van der Waals surface area contributed by atoms with Gasteiger partial charge in [0.15, 0.2) is 5.82 Å². The van der Waals surface area contributed by atoms with Crippen LogP contribution in [-0.4, -0.2) is 52.3 Å². The fourth-order valence-corrected chi connectivity index (χ4v) is 1.43. The lowest BCUT2D eigenvalue weighted by Gasteiger charge is -2.17. The highest BCUT2D eigenvalue weighted by Crippen LogP contribution is 1.96. The number of aliphatic carboxylic acids is 1. The minimum Gasteiger partial charge on any atom is -0.481 e. The Kier molecular flexibility index (Phi) is 5.77. The van der Waals surface area contributed by atoms with Gasteiger partial charge in [-0.2, -0.15) is 4.98 Å². The predicted octanol–water partition coefficient (Wildman–Crippen LogP) is 0.427. The summed E-state index contributed by atoms with van der Waals surface area (Å²) in [4.78, 5) is 27.4. The van der Waals surface area contributed by atoms with Crippen molar-refractivity contribution in [1.29, 1.82) is 0 Å². The summed E-state index contributed by atoms with van der Waals surface area (Å²) in [5, 5.41) is 14.9. The molecule has 0 saturated heterocycles. The molecule has 0 fully saturated rings. The molecule has 106 valence electrons. The zero-order valence-corrected chi connectivity index (χ0v) is 11.0. The molecule has 8 nitrogen and oxygen atoms in total. The van der Waals surface area contributed by atoms with Gasteiger partial charge >= 0.3 is 12.0 Å². The van der Waals surface area contributed by atoms with Crippen LogP contribution in [0.25, 0.3) is 0 Å². The van der Waals surface area contributed by atoms with Gasteiger partial charge in [-0.3, -0.25) is 4.79 Å². The maximum atomic E-state index is 11.6. The lowest BCUT2D eigenvalue weighted by atomic mass is 10.3. The van der Waals surface area contributed by atoms with Crippen molar-refractivity contribution in [3.63, 3.8) is 0 Å². The minimum atomic E-state index is -0.860. The number of aromatic nitrogens is 2.